The molecule has 0 spiro atoms. The first-order valence-electron chi connectivity index (χ1n) is 7.59. The fourth-order valence-electron chi connectivity index (χ4n) is 2.13. The maximum Gasteiger partial charge on any atom is 0.334 e. The van der Waals surface area contributed by atoms with Crippen LogP contribution in [0.2, 0.25) is 0 Å². The van der Waals surface area contributed by atoms with Gasteiger partial charge in [0.2, 0.25) is 0 Å². The Hall–Kier alpha value is -0.610. The first kappa shape index (κ1) is 18.4. The number of hydrogen-bond donors (Lipinski definition) is 1. The lowest BCUT2D eigenvalue weighted by Gasteiger charge is -2.00. The van der Waals surface area contributed by atoms with Crippen LogP contribution in [0.15, 0.2) is 27.2 Å². The molecule has 1 N–H and O–H groups in total. The number of aliphatic imine (C=N–C) groups is 1. The van der Waals surface area contributed by atoms with Crippen molar-refractivity contribution in [1.82, 2.24) is 0 Å². The van der Waals surface area contributed by atoms with Crippen molar-refractivity contribution in [3.8, 4) is 0 Å². The molecule has 0 fully saturated rings. The van der Waals surface area contributed by atoms with E-state index in [1.807, 2.05) is 18.2 Å². The van der Waals surface area contributed by atoms with E-state index >= 15 is 0 Å². The molecule has 0 saturated heterocycles. The summed E-state index contributed by atoms with van der Waals surface area (Å²) in [5, 5.41) is 8.67. The van der Waals surface area contributed by atoms with Gasteiger partial charge in [-0.05, 0) is 47.7 Å². The first-order chi connectivity index (χ1) is 10.1. The van der Waals surface area contributed by atoms with Gasteiger partial charge in [0.25, 0.3) is 0 Å². The Morgan fingerprint density at radius 3 is 2.24 bits per heavy atom. The van der Waals surface area contributed by atoms with E-state index in [9.17, 15) is 4.79 Å². The van der Waals surface area contributed by atoms with Crippen molar-refractivity contribution in [1.29, 1.82) is 0 Å². The molecule has 1 aliphatic heterocycles. The minimum absolute atomic E-state index is 0.560. The Kier molecular flexibility index (Phi) is 9.68. The van der Waals surface area contributed by atoms with Crippen molar-refractivity contribution in [2.45, 2.75) is 63.8 Å². The molecule has 5 heteroatoms. The van der Waals surface area contributed by atoms with Crippen LogP contribution < -0.4 is 0 Å². The molecule has 0 saturated carbocycles. The van der Waals surface area contributed by atoms with Crippen molar-refractivity contribution >= 4 is 39.2 Å². The number of carbonyl (C=O) groups is 1. The normalized spacial score (nSPS) is 18.1. The van der Waals surface area contributed by atoms with Crippen LogP contribution in [-0.2, 0) is 4.79 Å². The molecule has 0 bridgehead atoms. The average Bonchev–Trinajstić information content (AvgIpc) is 3.19. The summed E-state index contributed by atoms with van der Waals surface area (Å²) in [4.78, 5) is 14.4. The molecule has 0 aliphatic carbocycles. The fraction of sp³-hybridized carbons (Fsp3) is 0.625. The van der Waals surface area contributed by atoms with E-state index in [0.717, 1.165) is 12.8 Å². The van der Waals surface area contributed by atoms with Gasteiger partial charge in [-0.15, -0.1) is 0 Å². The molecular formula is C16H23BrClNO2. The van der Waals surface area contributed by atoms with Gasteiger partial charge in [0.05, 0.1) is 9.65 Å². The maximum atomic E-state index is 10.5. The third-order valence-electron chi connectivity index (χ3n) is 3.39. The smallest absolute Gasteiger partial charge is 0.334 e. The van der Waals surface area contributed by atoms with Gasteiger partial charge < -0.3 is 5.11 Å². The summed E-state index contributed by atoms with van der Waals surface area (Å²) < 4.78 is 0.711. The summed E-state index contributed by atoms with van der Waals surface area (Å²) in [6.07, 6.45) is 16.7. The molecular weight excluding hydrogens is 354 g/mol. The number of unbranched alkanes of at least 4 members (excludes halogenated alkanes) is 8. The molecule has 0 aromatic carbocycles. The van der Waals surface area contributed by atoms with E-state index in [1.54, 1.807) is 0 Å². The molecule has 21 heavy (non-hydrogen) atoms. The van der Waals surface area contributed by atoms with Crippen LogP contribution in [0, 0.1) is 0 Å². The highest BCUT2D eigenvalue weighted by atomic mass is 79.9. The third kappa shape index (κ3) is 9.86. The zero-order valence-electron chi connectivity index (χ0n) is 12.2. The summed E-state index contributed by atoms with van der Waals surface area (Å²) >= 11 is 8.89. The van der Waals surface area contributed by atoms with Gasteiger partial charge in [-0.2, -0.15) is 0 Å². The van der Waals surface area contributed by atoms with E-state index in [2.05, 4.69) is 20.9 Å². The van der Waals surface area contributed by atoms with Crippen LogP contribution >= 0.6 is 27.5 Å². The number of hydrogen-bond acceptors (Lipinski definition) is 2. The third-order valence-corrected chi connectivity index (χ3v) is 3.86. The second-order valence-corrected chi connectivity index (χ2v) is 6.96. The number of aliphatic carboxylic acids is 1. The SMILES string of the molecule is O=C(O)[C@H]1N=C1/C=C/CCCCCCCCC/C=C(/Cl)Br. The van der Waals surface area contributed by atoms with Crippen LogP contribution in [0.4, 0.5) is 0 Å². The van der Waals surface area contributed by atoms with Crippen molar-refractivity contribution < 1.29 is 9.90 Å². The van der Waals surface area contributed by atoms with Crippen LogP contribution in [0.5, 0.6) is 0 Å². The van der Waals surface area contributed by atoms with Crippen LogP contribution in [-0.4, -0.2) is 22.8 Å². The number of carboxylic acid groups (broad SMARTS) is 1. The van der Waals surface area contributed by atoms with Crippen molar-refractivity contribution in [2.75, 3.05) is 0 Å². The van der Waals surface area contributed by atoms with Gasteiger partial charge in [0.15, 0.2) is 6.04 Å². The first-order valence-corrected chi connectivity index (χ1v) is 8.76. The standard InChI is InChI=1S/C16H23BrClNO2/c17-14(18)12-10-8-6-4-2-1-3-5-7-9-11-13-15(19-13)16(20)21/h9,11-12,15H,1-8,10H2,(H,20,21)/b11-9+,14-12+/t15-/m0/s1. The predicted octanol–water partition coefficient (Wildman–Crippen LogP) is 5.44. The van der Waals surface area contributed by atoms with Crippen molar-refractivity contribution in [3.05, 3.63) is 22.2 Å². The monoisotopic (exact) mass is 375 g/mol. The molecule has 0 aromatic rings. The van der Waals surface area contributed by atoms with Crippen LogP contribution in [0.3, 0.4) is 0 Å². The second kappa shape index (κ2) is 11.0. The molecule has 0 aromatic heterocycles. The molecule has 1 heterocycles. The zero-order chi connectivity index (χ0) is 15.5. The summed E-state index contributed by atoms with van der Waals surface area (Å²) in [7, 11) is 0. The molecule has 1 atom stereocenters. The van der Waals surface area contributed by atoms with Crippen LogP contribution in [0.1, 0.15) is 57.8 Å². The van der Waals surface area contributed by atoms with Gasteiger partial charge in [-0.25, -0.2) is 4.79 Å². The molecule has 1 aliphatic rings. The largest absolute Gasteiger partial charge is 0.479 e. The predicted molar refractivity (Wildman–Crippen MR) is 92.4 cm³/mol. The number of nitrogens with zero attached hydrogens (tertiary/aromatic N) is 1. The Bertz CT molecular complexity index is 415. The highest BCUT2D eigenvalue weighted by molar-refractivity contribution is 9.12. The van der Waals surface area contributed by atoms with Gasteiger partial charge in [0.1, 0.15) is 0 Å². The van der Waals surface area contributed by atoms with E-state index in [0.29, 0.717) is 9.65 Å². The Morgan fingerprint density at radius 2 is 1.71 bits per heavy atom. The Labute approximate surface area is 140 Å². The number of halogens is 2. The number of carboxylic acids is 1. The lowest BCUT2D eigenvalue weighted by molar-refractivity contribution is -0.135. The summed E-state index contributed by atoms with van der Waals surface area (Å²) in [6.45, 7) is 0. The molecule has 0 unspecified atom stereocenters. The molecule has 0 radical (unpaired) electrons. The van der Waals surface area contributed by atoms with Crippen molar-refractivity contribution in [3.63, 3.8) is 0 Å². The Morgan fingerprint density at radius 1 is 1.14 bits per heavy atom. The zero-order valence-corrected chi connectivity index (χ0v) is 14.6. The molecule has 0 amide bonds. The lowest BCUT2D eigenvalue weighted by Crippen LogP contribution is -2.09. The second-order valence-electron chi connectivity index (χ2n) is 5.24. The summed E-state index contributed by atoms with van der Waals surface area (Å²) in [6, 6.07) is -0.560. The number of rotatable bonds is 12. The van der Waals surface area contributed by atoms with Gasteiger partial charge >= 0.3 is 5.97 Å². The summed E-state index contributed by atoms with van der Waals surface area (Å²) in [5.74, 6) is -0.844. The Balaban J connectivity index is 1.81. The minimum atomic E-state index is -0.844. The molecule has 118 valence electrons. The van der Waals surface area contributed by atoms with Crippen molar-refractivity contribution in [2.24, 2.45) is 4.99 Å². The quantitative estimate of drug-likeness (QED) is 0.461. The highest BCUT2D eigenvalue weighted by Gasteiger charge is 2.32. The lowest BCUT2D eigenvalue weighted by atomic mass is 10.1. The van der Waals surface area contributed by atoms with E-state index < -0.39 is 12.0 Å². The van der Waals surface area contributed by atoms with E-state index in [1.165, 1.54) is 44.9 Å². The fourth-order valence-corrected chi connectivity index (χ4v) is 2.47. The average molecular weight is 377 g/mol. The summed E-state index contributed by atoms with van der Waals surface area (Å²) in [5.41, 5.74) is 0.708. The molecule has 1 rings (SSSR count). The van der Waals surface area contributed by atoms with Gasteiger partial charge in [-0.1, -0.05) is 55.9 Å². The minimum Gasteiger partial charge on any atom is -0.479 e. The van der Waals surface area contributed by atoms with E-state index in [-0.39, 0.29) is 0 Å². The van der Waals surface area contributed by atoms with E-state index in [4.69, 9.17) is 16.7 Å². The van der Waals surface area contributed by atoms with Gasteiger partial charge in [-0.3, -0.25) is 4.99 Å². The van der Waals surface area contributed by atoms with Gasteiger partial charge in [0, 0.05) is 0 Å². The number of allylic oxidation sites excluding steroid dienone is 2. The maximum absolute atomic E-state index is 10.5. The topological polar surface area (TPSA) is 49.7 Å². The highest BCUT2D eigenvalue weighted by Crippen LogP contribution is 2.15. The molecule has 3 nitrogen and oxygen atoms in total. The van der Waals surface area contributed by atoms with Crippen LogP contribution in [0.25, 0.3) is 0 Å².